The molecule has 0 fully saturated rings. The first kappa shape index (κ1) is 30.5. The second-order valence-electron chi connectivity index (χ2n) is 13.2. The predicted molar refractivity (Wildman–Crippen MR) is 194 cm³/mol. The number of rotatable bonds is 3. The van der Waals surface area contributed by atoms with Gasteiger partial charge in [0.15, 0.2) is 0 Å². The van der Waals surface area contributed by atoms with Crippen molar-refractivity contribution in [2.45, 2.75) is 40.8 Å². The zero-order valence-corrected chi connectivity index (χ0v) is 27.8. The van der Waals surface area contributed by atoms with Gasteiger partial charge in [-0.05, 0) is 110 Å². The van der Waals surface area contributed by atoms with E-state index in [9.17, 15) is 18.4 Å². The Labute approximate surface area is 282 Å². The Hall–Kier alpha value is -5.80. The van der Waals surface area contributed by atoms with E-state index in [0.717, 1.165) is 71.9 Å². The lowest BCUT2D eigenvalue weighted by molar-refractivity contribution is -0.137. The topological polar surface area (TPSA) is 33.6 Å². The minimum Gasteiger partial charge on any atom is -0.309 e. The van der Waals surface area contributed by atoms with Gasteiger partial charge in [0.1, 0.15) is 6.07 Å². The van der Waals surface area contributed by atoms with Crippen LogP contribution in [-0.2, 0) is 6.18 Å². The number of hydrogen-bond acceptors (Lipinski definition) is 1. The highest BCUT2D eigenvalue weighted by Gasteiger charge is 2.35. The van der Waals surface area contributed by atoms with Crippen molar-refractivity contribution in [2.24, 2.45) is 0 Å². The highest BCUT2D eigenvalue weighted by molar-refractivity contribution is 6.11. The van der Waals surface area contributed by atoms with Crippen LogP contribution in [0.15, 0.2) is 103 Å². The number of nitriles is 1. The highest BCUT2D eigenvalue weighted by atomic mass is 19.4. The van der Waals surface area contributed by atoms with Crippen LogP contribution in [0.4, 0.5) is 13.2 Å². The number of alkyl halides is 3. The molecule has 8 rings (SSSR count). The molecule has 0 radical (unpaired) electrons. The van der Waals surface area contributed by atoms with Gasteiger partial charge >= 0.3 is 6.18 Å². The number of fused-ring (bicyclic) bond motifs is 6. The molecule has 0 aliphatic rings. The second-order valence-corrected chi connectivity index (χ2v) is 13.2. The molecule has 0 atom stereocenters. The Morgan fingerprint density at radius 2 is 0.959 bits per heavy atom. The van der Waals surface area contributed by atoms with E-state index >= 15 is 0 Å². The van der Waals surface area contributed by atoms with E-state index in [-0.39, 0.29) is 5.56 Å². The lowest BCUT2D eigenvalue weighted by Crippen LogP contribution is -2.10. The molecule has 0 amide bonds. The van der Waals surface area contributed by atoms with Gasteiger partial charge in [-0.1, -0.05) is 60.7 Å². The smallest absolute Gasteiger partial charge is 0.309 e. The van der Waals surface area contributed by atoms with Gasteiger partial charge in [0.2, 0.25) is 0 Å². The fraction of sp³-hybridized carbons (Fsp3) is 0.140. The fourth-order valence-electron chi connectivity index (χ4n) is 7.49. The van der Waals surface area contributed by atoms with E-state index in [1.165, 1.54) is 6.07 Å². The van der Waals surface area contributed by atoms with E-state index in [0.29, 0.717) is 28.1 Å². The van der Waals surface area contributed by atoms with Crippen LogP contribution in [0.25, 0.3) is 66.1 Å². The molecule has 49 heavy (non-hydrogen) atoms. The molecule has 3 nitrogen and oxygen atoms in total. The maximum Gasteiger partial charge on any atom is 0.417 e. The maximum absolute atomic E-state index is 15.0. The largest absolute Gasteiger partial charge is 0.417 e. The number of halogens is 3. The molecule has 0 unspecified atom stereocenters. The molecule has 0 saturated carbocycles. The van der Waals surface area contributed by atoms with E-state index in [1.54, 1.807) is 25.1 Å². The van der Waals surface area contributed by atoms with Crippen LogP contribution >= 0.6 is 0 Å². The van der Waals surface area contributed by atoms with Crippen LogP contribution in [0.3, 0.4) is 0 Å². The average molecular weight is 648 g/mol. The monoisotopic (exact) mass is 647 g/mol. The third-order valence-electron chi connectivity index (χ3n) is 9.72. The summed E-state index contributed by atoms with van der Waals surface area (Å²) in [5.41, 5.74) is 9.31. The molecule has 6 aromatic carbocycles. The molecule has 8 aromatic rings. The van der Waals surface area contributed by atoms with Crippen LogP contribution in [0.2, 0.25) is 0 Å². The fourth-order valence-corrected chi connectivity index (χ4v) is 7.49. The molecule has 2 heterocycles. The van der Waals surface area contributed by atoms with E-state index < -0.39 is 11.7 Å². The summed E-state index contributed by atoms with van der Waals surface area (Å²) in [6, 6.07) is 35.1. The molecule has 240 valence electrons. The summed E-state index contributed by atoms with van der Waals surface area (Å²) < 4.78 is 49.0. The molecule has 0 aliphatic heterocycles. The Morgan fingerprint density at radius 1 is 0.531 bits per heavy atom. The maximum atomic E-state index is 15.0. The first-order valence-corrected chi connectivity index (χ1v) is 16.2. The number of aromatic nitrogens is 2. The minimum absolute atomic E-state index is 0.0965. The second kappa shape index (κ2) is 10.9. The zero-order valence-electron chi connectivity index (χ0n) is 27.8. The van der Waals surface area contributed by atoms with Gasteiger partial charge in [0.25, 0.3) is 0 Å². The number of hydrogen-bond donors (Lipinski definition) is 0. The van der Waals surface area contributed by atoms with Gasteiger partial charge in [-0.2, -0.15) is 18.4 Å². The Kier molecular flexibility index (Phi) is 6.77. The van der Waals surface area contributed by atoms with E-state index in [4.69, 9.17) is 0 Å². The van der Waals surface area contributed by atoms with Crippen LogP contribution in [0, 0.1) is 45.9 Å². The van der Waals surface area contributed by atoms with Gasteiger partial charge in [0, 0.05) is 27.1 Å². The Bertz CT molecular complexity index is 2600. The van der Waals surface area contributed by atoms with Gasteiger partial charge in [-0.25, -0.2) is 0 Å². The lowest BCUT2D eigenvalue weighted by atomic mass is 9.91. The van der Waals surface area contributed by atoms with Crippen molar-refractivity contribution >= 4 is 43.6 Å². The van der Waals surface area contributed by atoms with Crippen molar-refractivity contribution in [1.82, 2.24) is 9.13 Å². The minimum atomic E-state index is -4.61. The Balaban J connectivity index is 1.60. The highest BCUT2D eigenvalue weighted by Crippen LogP contribution is 2.45. The van der Waals surface area contributed by atoms with Gasteiger partial charge in [-0.15, -0.1) is 0 Å². The lowest BCUT2D eigenvalue weighted by Gasteiger charge is -2.22. The average Bonchev–Trinajstić information content (AvgIpc) is 3.53. The number of aryl methyl sites for hydroxylation is 5. The first-order chi connectivity index (χ1) is 23.4. The molecule has 6 heteroatoms. The molecule has 0 N–H and O–H groups in total. The summed E-state index contributed by atoms with van der Waals surface area (Å²) >= 11 is 0. The summed E-state index contributed by atoms with van der Waals surface area (Å²) in [7, 11) is 0. The number of nitrogens with zero attached hydrogens (tertiary/aromatic N) is 3. The SMILES string of the molecule is Cc1ccc2c3ccc(C)cc3n(-c3cc(-c4c(C)cccc4C(F)(F)F)c(-n4c5cc(C)ccc5c5ccc(C)cc54)cc3C#N)c2c1. The van der Waals surface area contributed by atoms with Crippen molar-refractivity contribution in [3.05, 3.63) is 142 Å². The molecule has 0 aliphatic carbocycles. The molecule has 2 aromatic heterocycles. The molecule has 0 bridgehead atoms. The van der Waals surface area contributed by atoms with Crippen LogP contribution in [0.1, 0.15) is 38.9 Å². The number of benzene rings is 6. The molecule has 0 spiro atoms. The molecular formula is C43H32F3N3. The van der Waals surface area contributed by atoms with Crippen molar-refractivity contribution in [2.75, 3.05) is 0 Å². The quantitative estimate of drug-likeness (QED) is 0.188. The summed E-state index contributed by atoms with van der Waals surface area (Å²) in [5.74, 6) is 0. The summed E-state index contributed by atoms with van der Waals surface area (Å²) in [6.45, 7) is 9.77. The van der Waals surface area contributed by atoms with E-state index in [2.05, 4.69) is 66.7 Å². The van der Waals surface area contributed by atoms with Gasteiger partial charge in [0.05, 0.1) is 44.6 Å². The summed E-state index contributed by atoms with van der Waals surface area (Å²) in [4.78, 5) is 0. The normalized spacial score (nSPS) is 12.1. The standard InChI is InChI=1S/C43H32F3N3/c1-24-9-13-30-31-14-10-25(2)18-38(31)48(37(30)17-24)36-22-34(42-28(5)7-6-8-35(42)43(44,45)46)41(21-29(36)23-47)49-39-19-26(3)11-15-32(39)33-16-12-27(4)20-40(33)49/h6-22H,1-5H3. The van der Waals surface area contributed by atoms with Gasteiger partial charge < -0.3 is 9.13 Å². The third-order valence-corrected chi connectivity index (χ3v) is 9.72. The van der Waals surface area contributed by atoms with E-state index in [1.807, 2.05) is 49.0 Å². The van der Waals surface area contributed by atoms with Crippen LogP contribution < -0.4 is 0 Å². The molecular weight excluding hydrogens is 615 g/mol. The van der Waals surface area contributed by atoms with Crippen molar-refractivity contribution in [3.8, 4) is 28.6 Å². The predicted octanol–water partition coefficient (Wildman–Crippen LogP) is 12.0. The van der Waals surface area contributed by atoms with Crippen LogP contribution in [0.5, 0.6) is 0 Å². The van der Waals surface area contributed by atoms with Crippen molar-refractivity contribution < 1.29 is 13.2 Å². The van der Waals surface area contributed by atoms with Crippen molar-refractivity contribution in [1.29, 1.82) is 5.26 Å². The first-order valence-electron chi connectivity index (χ1n) is 16.2. The third kappa shape index (κ3) is 4.72. The zero-order chi connectivity index (χ0) is 34.4. The van der Waals surface area contributed by atoms with Crippen molar-refractivity contribution in [3.63, 3.8) is 0 Å². The summed E-state index contributed by atoms with van der Waals surface area (Å²) in [6.07, 6.45) is -4.61. The van der Waals surface area contributed by atoms with Crippen LogP contribution in [-0.4, -0.2) is 9.13 Å². The summed E-state index contributed by atoms with van der Waals surface area (Å²) in [5, 5.41) is 14.9. The Morgan fingerprint density at radius 3 is 1.37 bits per heavy atom. The van der Waals surface area contributed by atoms with Gasteiger partial charge in [-0.3, -0.25) is 0 Å². The molecule has 0 saturated heterocycles.